The molecule has 3 rings (SSSR count). The predicted molar refractivity (Wildman–Crippen MR) is 59.1 cm³/mol. The van der Waals surface area contributed by atoms with Gasteiger partial charge in [0.05, 0.1) is 12.6 Å². The Balaban J connectivity index is 2.01. The molecule has 2 heterocycles. The van der Waals surface area contributed by atoms with E-state index < -0.39 is 0 Å². The van der Waals surface area contributed by atoms with Crippen LogP contribution in [0.5, 0.6) is 0 Å². The van der Waals surface area contributed by atoms with Gasteiger partial charge in [0.25, 0.3) is 0 Å². The fraction of sp³-hybridized carbons (Fsp3) is 0.500. The first-order valence-electron chi connectivity index (χ1n) is 5.36. The smallest absolute Gasteiger partial charge is 0.128 e. The second-order valence-electron chi connectivity index (χ2n) is 4.27. The van der Waals surface area contributed by atoms with Gasteiger partial charge in [-0.1, -0.05) is 12.2 Å². The molecule has 76 valence electrons. The molecule has 0 spiro atoms. The van der Waals surface area contributed by atoms with Crippen LogP contribution in [0.15, 0.2) is 27.7 Å². The molecule has 1 aliphatic carbocycles. The van der Waals surface area contributed by atoms with Crippen LogP contribution in [-0.2, 0) is 4.79 Å². The summed E-state index contributed by atoms with van der Waals surface area (Å²) in [7, 11) is 0. The Morgan fingerprint density at radius 2 is 2.33 bits per heavy atom. The van der Waals surface area contributed by atoms with Gasteiger partial charge in [-0.3, -0.25) is 9.98 Å². The summed E-state index contributed by atoms with van der Waals surface area (Å²) in [4.78, 5) is 19.8. The van der Waals surface area contributed by atoms with Gasteiger partial charge >= 0.3 is 0 Å². The van der Waals surface area contributed by atoms with Crippen molar-refractivity contribution in [3.8, 4) is 0 Å². The standard InChI is InChI=1S/C12H12N2O/c15-7-8-2-1-3-10-12(8)9-4-5-13-6-11(9)14-10/h1-2,5,9-10,12H,3-4,6H2. The number of allylic oxidation sites excluding steroid dienone is 1. The molecule has 0 fully saturated rings. The van der Waals surface area contributed by atoms with Gasteiger partial charge in [-0.2, -0.15) is 0 Å². The average molecular weight is 200 g/mol. The third kappa shape index (κ3) is 1.24. The van der Waals surface area contributed by atoms with Crippen molar-refractivity contribution in [2.24, 2.45) is 21.8 Å². The van der Waals surface area contributed by atoms with Crippen molar-refractivity contribution >= 4 is 17.9 Å². The zero-order chi connectivity index (χ0) is 10.3. The number of rotatable bonds is 0. The fourth-order valence-electron chi connectivity index (χ4n) is 2.82. The molecule has 0 bridgehead atoms. The lowest BCUT2D eigenvalue weighted by molar-refractivity contribution is 0.438. The zero-order valence-corrected chi connectivity index (χ0v) is 8.39. The topological polar surface area (TPSA) is 41.8 Å². The molecular formula is C12H12N2O. The molecule has 0 amide bonds. The number of fused-ring (bicyclic) bond motifs is 3. The van der Waals surface area contributed by atoms with Gasteiger partial charge in [-0.25, -0.2) is 4.79 Å². The van der Waals surface area contributed by atoms with Gasteiger partial charge < -0.3 is 0 Å². The van der Waals surface area contributed by atoms with E-state index >= 15 is 0 Å². The van der Waals surface area contributed by atoms with Crippen molar-refractivity contribution in [1.29, 1.82) is 0 Å². The van der Waals surface area contributed by atoms with Gasteiger partial charge in [-0.15, -0.1) is 0 Å². The van der Waals surface area contributed by atoms with Crippen LogP contribution < -0.4 is 0 Å². The van der Waals surface area contributed by atoms with Gasteiger partial charge in [-0.05, 0) is 19.1 Å². The predicted octanol–water partition coefficient (Wildman–Crippen LogP) is 1.23. The van der Waals surface area contributed by atoms with Crippen molar-refractivity contribution in [3.63, 3.8) is 0 Å². The molecule has 0 aromatic carbocycles. The number of hydrogen-bond acceptors (Lipinski definition) is 3. The third-order valence-corrected chi connectivity index (χ3v) is 3.50. The first kappa shape index (κ1) is 8.81. The lowest BCUT2D eigenvalue weighted by atomic mass is 9.76. The summed E-state index contributed by atoms with van der Waals surface area (Å²) in [6.07, 6.45) is 7.80. The Labute approximate surface area is 88.3 Å². The van der Waals surface area contributed by atoms with Crippen LogP contribution in [0.1, 0.15) is 12.8 Å². The Morgan fingerprint density at radius 1 is 1.40 bits per heavy atom. The minimum absolute atomic E-state index is 0.271. The molecule has 0 aromatic heterocycles. The summed E-state index contributed by atoms with van der Waals surface area (Å²) in [6, 6.07) is 0.271. The average Bonchev–Trinajstić information content (AvgIpc) is 2.67. The Hall–Kier alpha value is -1.47. The van der Waals surface area contributed by atoms with Crippen molar-refractivity contribution in [1.82, 2.24) is 0 Å². The molecule has 15 heavy (non-hydrogen) atoms. The first-order chi connectivity index (χ1) is 7.40. The molecule has 0 saturated carbocycles. The van der Waals surface area contributed by atoms with Gasteiger partial charge in [0.2, 0.25) is 0 Å². The largest absolute Gasteiger partial charge is 0.291 e. The van der Waals surface area contributed by atoms with Crippen LogP contribution in [0.2, 0.25) is 0 Å². The maximum atomic E-state index is 10.9. The second-order valence-corrected chi connectivity index (χ2v) is 4.27. The highest BCUT2D eigenvalue weighted by Gasteiger charge is 2.41. The van der Waals surface area contributed by atoms with E-state index in [2.05, 4.69) is 15.9 Å². The van der Waals surface area contributed by atoms with E-state index in [0.717, 1.165) is 25.0 Å². The summed E-state index contributed by atoms with van der Waals surface area (Å²) in [5, 5.41) is 0. The summed E-state index contributed by atoms with van der Waals surface area (Å²) in [5.74, 6) is 2.75. The van der Waals surface area contributed by atoms with E-state index in [1.54, 1.807) is 0 Å². The minimum atomic E-state index is 0.271. The van der Waals surface area contributed by atoms with Crippen LogP contribution in [0.3, 0.4) is 0 Å². The normalized spacial score (nSPS) is 36.9. The highest BCUT2D eigenvalue weighted by Crippen LogP contribution is 2.40. The molecular weight excluding hydrogens is 188 g/mol. The lowest BCUT2D eigenvalue weighted by Gasteiger charge is -2.26. The summed E-state index contributed by atoms with van der Waals surface area (Å²) < 4.78 is 0. The summed E-state index contributed by atoms with van der Waals surface area (Å²) in [5.41, 5.74) is 1.98. The van der Waals surface area contributed by atoms with Crippen LogP contribution in [0, 0.1) is 11.8 Å². The second kappa shape index (κ2) is 3.28. The lowest BCUT2D eigenvalue weighted by Crippen LogP contribution is -2.29. The van der Waals surface area contributed by atoms with Crippen LogP contribution in [0.25, 0.3) is 0 Å². The maximum absolute atomic E-state index is 10.9. The van der Waals surface area contributed by atoms with Gasteiger partial charge in [0, 0.05) is 23.1 Å². The molecule has 0 saturated heterocycles. The maximum Gasteiger partial charge on any atom is 0.128 e. The summed E-state index contributed by atoms with van der Waals surface area (Å²) in [6.45, 7) is 0.726. The number of aliphatic imine (C=N–C) groups is 2. The van der Waals surface area contributed by atoms with E-state index in [1.165, 1.54) is 5.71 Å². The van der Waals surface area contributed by atoms with Crippen LogP contribution in [0.4, 0.5) is 0 Å². The number of nitrogens with zero attached hydrogens (tertiary/aromatic N) is 2. The minimum Gasteiger partial charge on any atom is -0.291 e. The Kier molecular flexibility index (Phi) is 1.93. The van der Waals surface area contributed by atoms with Crippen molar-refractivity contribution in [3.05, 3.63) is 17.7 Å². The molecule has 3 aliphatic rings. The molecule has 0 radical (unpaired) electrons. The molecule has 0 aromatic rings. The molecule has 3 heteroatoms. The number of carbonyl (C=O) groups excluding carboxylic acids is 1. The molecule has 3 unspecified atom stereocenters. The van der Waals surface area contributed by atoms with Crippen molar-refractivity contribution < 1.29 is 4.79 Å². The van der Waals surface area contributed by atoms with E-state index in [9.17, 15) is 4.79 Å². The Morgan fingerprint density at radius 3 is 3.20 bits per heavy atom. The van der Waals surface area contributed by atoms with E-state index in [4.69, 9.17) is 0 Å². The summed E-state index contributed by atoms with van der Waals surface area (Å²) >= 11 is 0. The van der Waals surface area contributed by atoms with E-state index in [0.29, 0.717) is 5.92 Å². The third-order valence-electron chi connectivity index (χ3n) is 3.50. The first-order valence-corrected chi connectivity index (χ1v) is 5.36. The molecule has 2 aliphatic heterocycles. The monoisotopic (exact) mass is 200 g/mol. The quantitative estimate of drug-likeness (QED) is 0.542. The van der Waals surface area contributed by atoms with Crippen molar-refractivity contribution in [2.45, 2.75) is 18.9 Å². The zero-order valence-electron chi connectivity index (χ0n) is 8.39. The Bertz CT molecular complexity index is 427. The molecule has 3 nitrogen and oxygen atoms in total. The van der Waals surface area contributed by atoms with Gasteiger partial charge in [0.15, 0.2) is 0 Å². The van der Waals surface area contributed by atoms with E-state index in [-0.39, 0.29) is 12.0 Å². The number of hydrogen-bond donors (Lipinski definition) is 0. The van der Waals surface area contributed by atoms with Crippen LogP contribution in [-0.4, -0.2) is 30.5 Å². The molecule has 0 N–H and O–H groups in total. The SMILES string of the molecule is O=C=C1C=CCC2N=C3CN=CCC3C12. The van der Waals surface area contributed by atoms with Crippen LogP contribution >= 0.6 is 0 Å². The highest BCUT2D eigenvalue weighted by molar-refractivity contribution is 5.96. The van der Waals surface area contributed by atoms with E-state index in [1.807, 2.05) is 18.4 Å². The van der Waals surface area contributed by atoms with Crippen molar-refractivity contribution in [2.75, 3.05) is 6.54 Å². The fourth-order valence-corrected chi connectivity index (χ4v) is 2.82. The van der Waals surface area contributed by atoms with Gasteiger partial charge in [0.1, 0.15) is 5.94 Å². The molecule has 3 atom stereocenters. The highest BCUT2D eigenvalue weighted by atomic mass is 16.1.